The minimum absolute atomic E-state index is 0.0132. The number of nitrogens with zero attached hydrogens (tertiary/aromatic N) is 6. The fourth-order valence-electron chi connectivity index (χ4n) is 2.82. The van der Waals surface area contributed by atoms with E-state index in [-0.39, 0.29) is 5.91 Å². The van der Waals surface area contributed by atoms with Gasteiger partial charge in [-0.25, -0.2) is 4.63 Å². The van der Waals surface area contributed by atoms with Crippen LogP contribution in [0.15, 0.2) is 10.7 Å². The predicted molar refractivity (Wildman–Crippen MR) is 82.8 cm³/mol. The van der Waals surface area contributed by atoms with Crippen molar-refractivity contribution in [3.63, 3.8) is 0 Å². The van der Waals surface area contributed by atoms with Crippen LogP contribution >= 0.6 is 0 Å². The summed E-state index contributed by atoms with van der Waals surface area (Å²) in [4.78, 5) is 16.7. The first-order valence-electron chi connectivity index (χ1n) is 7.91. The zero-order valence-electron chi connectivity index (χ0n) is 13.8. The molecule has 0 aliphatic carbocycles. The van der Waals surface area contributed by atoms with Crippen LogP contribution in [0, 0.1) is 6.92 Å². The zero-order chi connectivity index (χ0) is 16.4. The van der Waals surface area contributed by atoms with E-state index in [1.807, 2.05) is 24.9 Å². The fraction of sp³-hybridized carbons (Fsp3) is 0.600. The summed E-state index contributed by atoms with van der Waals surface area (Å²) >= 11 is 0. The highest BCUT2D eigenvalue weighted by Crippen LogP contribution is 2.12. The lowest BCUT2D eigenvalue weighted by Crippen LogP contribution is -2.48. The van der Waals surface area contributed by atoms with Gasteiger partial charge in [-0.15, -0.1) is 0 Å². The molecule has 1 aliphatic rings. The number of rotatable bonds is 4. The predicted octanol–water partition coefficient (Wildman–Crippen LogP) is 0.632. The highest BCUT2D eigenvalue weighted by atomic mass is 16.6. The van der Waals surface area contributed by atoms with E-state index in [1.54, 1.807) is 4.68 Å². The second-order valence-electron chi connectivity index (χ2n) is 5.86. The maximum atomic E-state index is 12.6. The average molecular weight is 318 g/mol. The van der Waals surface area contributed by atoms with Crippen LogP contribution < -0.4 is 0 Å². The minimum atomic E-state index is 0.0132. The first-order chi connectivity index (χ1) is 11.1. The van der Waals surface area contributed by atoms with Gasteiger partial charge in [0.25, 0.3) is 5.91 Å². The van der Waals surface area contributed by atoms with E-state index in [4.69, 9.17) is 4.63 Å². The van der Waals surface area contributed by atoms with E-state index < -0.39 is 0 Å². The number of piperazine rings is 1. The molecule has 23 heavy (non-hydrogen) atoms. The Hall–Kier alpha value is -2.22. The molecule has 0 saturated carbocycles. The molecular weight excluding hydrogens is 296 g/mol. The zero-order valence-corrected chi connectivity index (χ0v) is 13.8. The van der Waals surface area contributed by atoms with Crippen molar-refractivity contribution in [3.05, 3.63) is 28.8 Å². The van der Waals surface area contributed by atoms with Gasteiger partial charge in [-0.1, -0.05) is 17.2 Å². The molecule has 0 spiro atoms. The summed E-state index contributed by atoms with van der Waals surface area (Å²) in [6.45, 7) is 7.67. The van der Waals surface area contributed by atoms with E-state index in [9.17, 15) is 4.79 Å². The van der Waals surface area contributed by atoms with Crippen LogP contribution in [0.2, 0.25) is 0 Å². The van der Waals surface area contributed by atoms with Crippen molar-refractivity contribution in [1.82, 2.24) is 29.9 Å². The Morgan fingerprint density at radius 1 is 1.26 bits per heavy atom. The molecule has 8 heteroatoms. The van der Waals surface area contributed by atoms with E-state index >= 15 is 0 Å². The third-order valence-corrected chi connectivity index (χ3v) is 4.34. The molecule has 0 bridgehead atoms. The van der Waals surface area contributed by atoms with Gasteiger partial charge in [-0.3, -0.25) is 14.4 Å². The molecule has 8 nitrogen and oxygen atoms in total. The monoisotopic (exact) mass is 318 g/mol. The third kappa shape index (κ3) is 3.26. The SMILES string of the molecule is CCc1cc(C(=O)N2CCN(Cc3nonc3C)CC2)nn1C. The largest absolute Gasteiger partial charge is 0.335 e. The van der Waals surface area contributed by atoms with Crippen LogP contribution in [0.3, 0.4) is 0 Å². The van der Waals surface area contributed by atoms with Crippen LogP contribution in [-0.4, -0.2) is 62.0 Å². The van der Waals surface area contributed by atoms with Gasteiger partial charge in [-0.2, -0.15) is 5.10 Å². The van der Waals surface area contributed by atoms with Crippen LogP contribution in [0.1, 0.15) is 34.5 Å². The number of hydrogen-bond acceptors (Lipinski definition) is 6. The maximum Gasteiger partial charge on any atom is 0.274 e. The maximum absolute atomic E-state index is 12.6. The molecule has 2 aromatic rings. The van der Waals surface area contributed by atoms with Crippen molar-refractivity contribution in [2.75, 3.05) is 26.2 Å². The van der Waals surface area contributed by atoms with Gasteiger partial charge in [0.15, 0.2) is 5.69 Å². The van der Waals surface area contributed by atoms with E-state index in [1.165, 1.54) is 0 Å². The molecule has 1 fully saturated rings. The van der Waals surface area contributed by atoms with E-state index in [2.05, 4.69) is 27.2 Å². The Balaban J connectivity index is 1.57. The van der Waals surface area contributed by atoms with E-state index in [0.29, 0.717) is 25.3 Å². The first-order valence-corrected chi connectivity index (χ1v) is 7.91. The molecule has 2 aromatic heterocycles. The van der Waals surface area contributed by atoms with Gasteiger partial charge in [0.2, 0.25) is 0 Å². The van der Waals surface area contributed by atoms with Gasteiger partial charge in [0.05, 0.1) is 0 Å². The number of amides is 1. The van der Waals surface area contributed by atoms with Gasteiger partial charge < -0.3 is 4.90 Å². The number of aromatic nitrogens is 4. The second kappa shape index (κ2) is 6.49. The fourth-order valence-corrected chi connectivity index (χ4v) is 2.82. The smallest absolute Gasteiger partial charge is 0.274 e. The molecular formula is C15H22N6O2. The summed E-state index contributed by atoms with van der Waals surface area (Å²) in [5.41, 5.74) is 3.29. The summed E-state index contributed by atoms with van der Waals surface area (Å²) in [5, 5.41) is 12.0. The number of aryl methyl sites for hydroxylation is 3. The van der Waals surface area contributed by atoms with Crippen molar-refractivity contribution in [2.45, 2.75) is 26.8 Å². The highest BCUT2D eigenvalue weighted by Gasteiger charge is 2.25. The summed E-state index contributed by atoms with van der Waals surface area (Å²) in [7, 11) is 1.88. The lowest BCUT2D eigenvalue weighted by atomic mass is 10.2. The van der Waals surface area contributed by atoms with Gasteiger partial charge >= 0.3 is 0 Å². The molecule has 0 unspecified atom stereocenters. The topological polar surface area (TPSA) is 80.3 Å². The lowest BCUT2D eigenvalue weighted by Gasteiger charge is -2.33. The minimum Gasteiger partial charge on any atom is -0.335 e. The molecule has 3 rings (SSSR count). The molecule has 3 heterocycles. The molecule has 1 saturated heterocycles. The number of hydrogen-bond donors (Lipinski definition) is 0. The number of carbonyl (C=O) groups is 1. The molecule has 0 aromatic carbocycles. The molecule has 1 amide bonds. The second-order valence-corrected chi connectivity index (χ2v) is 5.86. The van der Waals surface area contributed by atoms with Crippen LogP contribution in [0.5, 0.6) is 0 Å². The summed E-state index contributed by atoms with van der Waals surface area (Å²) in [6.07, 6.45) is 0.871. The number of carbonyl (C=O) groups excluding carboxylic acids is 1. The third-order valence-electron chi connectivity index (χ3n) is 4.34. The van der Waals surface area contributed by atoms with Crippen molar-refractivity contribution in [3.8, 4) is 0 Å². The Kier molecular flexibility index (Phi) is 4.42. The van der Waals surface area contributed by atoms with Crippen LogP contribution in [-0.2, 0) is 20.0 Å². The van der Waals surface area contributed by atoms with Gasteiger partial charge in [-0.05, 0) is 19.4 Å². The molecule has 0 radical (unpaired) electrons. The summed E-state index contributed by atoms with van der Waals surface area (Å²) in [5.74, 6) is 0.0132. The van der Waals surface area contributed by atoms with Crippen molar-refractivity contribution in [2.24, 2.45) is 7.05 Å². The summed E-state index contributed by atoms with van der Waals surface area (Å²) in [6, 6.07) is 1.89. The highest BCUT2D eigenvalue weighted by molar-refractivity contribution is 5.92. The average Bonchev–Trinajstić information content (AvgIpc) is 3.13. The van der Waals surface area contributed by atoms with Crippen molar-refractivity contribution >= 4 is 5.91 Å². The van der Waals surface area contributed by atoms with Crippen LogP contribution in [0.4, 0.5) is 0 Å². The van der Waals surface area contributed by atoms with E-state index in [0.717, 1.165) is 36.6 Å². The normalized spacial score (nSPS) is 16.0. The molecule has 1 aliphatic heterocycles. The molecule has 0 N–H and O–H groups in total. The Bertz CT molecular complexity index is 684. The Morgan fingerprint density at radius 3 is 2.57 bits per heavy atom. The van der Waals surface area contributed by atoms with Crippen molar-refractivity contribution in [1.29, 1.82) is 0 Å². The lowest BCUT2D eigenvalue weighted by molar-refractivity contribution is 0.0619. The van der Waals surface area contributed by atoms with Crippen LogP contribution in [0.25, 0.3) is 0 Å². The molecule has 124 valence electrons. The quantitative estimate of drug-likeness (QED) is 0.822. The van der Waals surface area contributed by atoms with Gasteiger partial charge in [0.1, 0.15) is 11.4 Å². The Labute approximate surface area is 135 Å². The van der Waals surface area contributed by atoms with Gasteiger partial charge in [0, 0.05) is 45.5 Å². The Morgan fingerprint density at radius 2 is 2.00 bits per heavy atom. The van der Waals surface area contributed by atoms with Crippen molar-refractivity contribution < 1.29 is 9.42 Å². The first kappa shape index (κ1) is 15.7. The standard InChI is InChI=1S/C15H22N6O2/c1-4-12-9-13(16-19(12)3)15(22)21-7-5-20(6-8-21)10-14-11(2)17-23-18-14/h9H,4-8,10H2,1-3H3. The summed E-state index contributed by atoms with van der Waals surface area (Å²) < 4.78 is 6.51. The molecule has 0 atom stereocenters.